The summed E-state index contributed by atoms with van der Waals surface area (Å²) in [6.45, 7) is 3.31. The number of unbranched alkanes of at least 4 members (excludes halogenated alkanes) is 3. The van der Waals surface area contributed by atoms with Crippen LogP contribution in [0.2, 0.25) is 0 Å². The third-order valence-electron chi connectivity index (χ3n) is 2.62. The lowest BCUT2D eigenvalue weighted by Crippen LogP contribution is -1.97. The first kappa shape index (κ1) is 15.1. The fraction of sp³-hybridized carbons (Fsp3) is 0.538. The number of hydrogen-bond donors (Lipinski definition) is 0. The zero-order valence-electron chi connectivity index (χ0n) is 10.5. The topological polar surface area (TPSA) is 52.4 Å². The SMILES string of the molecule is CCCCCCOCc1ccc(Br)c([N+](=O)[O-])c1. The van der Waals surface area contributed by atoms with Crippen molar-refractivity contribution >= 4 is 21.6 Å². The molecule has 4 nitrogen and oxygen atoms in total. The van der Waals surface area contributed by atoms with Gasteiger partial charge in [-0.15, -0.1) is 0 Å². The van der Waals surface area contributed by atoms with Crippen molar-refractivity contribution < 1.29 is 9.66 Å². The number of nitro groups is 1. The summed E-state index contributed by atoms with van der Waals surface area (Å²) in [6.07, 6.45) is 4.66. The Hall–Kier alpha value is -0.940. The Kier molecular flexibility index (Phi) is 6.90. The van der Waals surface area contributed by atoms with Crippen molar-refractivity contribution in [1.29, 1.82) is 0 Å². The summed E-state index contributed by atoms with van der Waals surface area (Å²) < 4.78 is 6.00. The predicted molar refractivity (Wildman–Crippen MR) is 74.6 cm³/mol. The molecule has 1 aromatic carbocycles. The second-order valence-corrected chi connectivity index (χ2v) is 5.01. The highest BCUT2D eigenvalue weighted by Crippen LogP contribution is 2.25. The average molecular weight is 316 g/mol. The van der Waals surface area contributed by atoms with Crippen molar-refractivity contribution in [1.82, 2.24) is 0 Å². The fourth-order valence-corrected chi connectivity index (χ4v) is 2.00. The molecule has 0 amide bonds. The summed E-state index contributed by atoms with van der Waals surface area (Å²) in [7, 11) is 0. The van der Waals surface area contributed by atoms with Gasteiger partial charge in [-0.1, -0.05) is 32.3 Å². The van der Waals surface area contributed by atoms with E-state index in [1.807, 2.05) is 6.07 Å². The second-order valence-electron chi connectivity index (χ2n) is 4.16. The zero-order valence-corrected chi connectivity index (χ0v) is 12.1. The second kappa shape index (κ2) is 8.21. The van der Waals surface area contributed by atoms with Gasteiger partial charge in [0.25, 0.3) is 5.69 Å². The van der Waals surface area contributed by atoms with Gasteiger partial charge < -0.3 is 4.74 Å². The van der Waals surface area contributed by atoms with Gasteiger partial charge in [0.2, 0.25) is 0 Å². The maximum absolute atomic E-state index is 10.8. The van der Waals surface area contributed by atoms with Crippen molar-refractivity contribution in [2.24, 2.45) is 0 Å². The first-order valence-electron chi connectivity index (χ1n) is 6.15. The Morgan fingerprint density at radius 1 is 1.33 bits per heavy atom. The van der Waals surface area contributed by atoms with Crippen LogP contribution in [-0.4, -0.2) is 11.5 Å². The van der Waals surface area contributed by atoms with E-state index in [-0.39, 0.29) is 5.69 Å². The molecule has 0 spiro atoms. The number of ether oxygens (including phenoxy) is 1. The van der Waals surface area contributed by atoms with Crippen molar-refractivity contribution in [3.05, 3.63) is 38.3 Å². The monoisotopic (exact) mass is 315 g/mol. The zero-order chi connectivity index (χ0) is 13.4. The van der Waals surface area contributed by atoms with Gasteiger partial charge in [-0.25, -0.2) is 0 Å². The molecular formula is C13H18BrNO3. The third kappa shape index (κ3) is 5.14. The van der Waals surface area contributed by atoms with Crippen LogP contribution in [0.1, 0.15) is 38.2 Å². The summed E-state index contributed by atoms with van der Waals surface area (Å²) in [5, 5.41) is 10.8. The van der Waals surface area contributed by atoms with Crippen LogP contribution in [0.15, 0.2) is 22.7 Å². The van der Waals surface area contributed by atoms with Gasteiger partial charge in [0.1, 0.15) is 0 Å². The smallest absolute Gasteiger partial charge is 0.283 e. The molecule has 0 heterocycles. The van der Waals surface area contributed by atoms with Gasteiger partial charge in [0.05, 0.1) is 16.0 Å². The molecule has 0 N–H and O–H groups in total. The highest BCUT2D eigenvalue weighted by atomic mass is 79.9. The molecule has 0 aliphatic carbocycles. The third-order valence-corrected chi connectivity index (χ3v) is 3.29. The lowest BCUT2D eigenvalue weighted by atomic mass is 10.2. The van der Waals surface area contributed by atoms with Crippen LogP contribution < -0.4 is 0 Å². The summed E-state index contributed by atoms with van der Waals surface area (Å²) >= 11 is 3.16. The number of nitro benzene ring substituents is 1. The minimum absolute atomic E-state index is 0.0853. The quantitative estimate of drug-likeness (QED) is 0.404. The van der Waals surface area contributed by atoms with E-state index in [9.17, 15) is 10.1 Å². The molecule has 0 aliphatic rings. The number of halogens is 1. The molecule has 0 saturated carbocycles. The molecule has 1 aromatic rings. The van der Waals surface area contributed by atoms with E-state index >= 15 is 0 Å². The maximum atomic E-state index is 10.8. The Morgan fingerprint density at radius 3 is 2.78 bits per heavy atom. The van der Waals surface area contributed by atoms with E-state index < -0.39 is 4.92 Å². The Bertz CT molecular complexity index is 396. The van der Waals surface area contributed by atoms with Crippen LogP contribution in [-0.2, 0) is 11.3 Å². The van der Waals surface area contributed by atoms with Crippen LogP contribution in [0, 0.1) is 10.1 Å². The lowest BCUT2D eigenvalue weighted by molar-refractivity contribution is -0.385. The summed E-state index contributed by atoms with van der Waals surface area (Å²) in [4.78, 5) is 10.4. The van der Waals surface area contributed by atoms with Crippen molar-refractivity contribution in [3.8, 4) is 0 Å². The van der Waals surface area contributed by atoms with E-state index in [2.05, 4.69) is 22.9 Å². The van der Waals surface area contributed by atoms with Crippen LogP contribution in [0.5, 0.6) is 0 Å². The van der Waals surface area contributed by atoms with Crippen LogP contribution in [0.25, 0.3) is 0 Å². The van der Waals surface area contributed by atoms with Gasteiger partial charge in [-0.2, -0.15) is 0 Å². The van der Waals surface area contributed by atoms with Crippen LogP contribution in [0.3, 0.4) is 0 Å². The van der Waals surface area contributed by atoms with E-state index in [0.717, 1.165) is 12.0 Å². The molecule has 0 aromatic heterocycles. The largest absolute Gasteiger partial charge is 0.377 e. The van der Waals surface area contributed by atoms with Crippen LogP contribution >= 0.6 is 15.9 Å². The number of benzene rings is 1. The fourth-order valence-electron chi connectivity index (χ4n) is 1.61. The molecule has 18 heavy (non-hydrogen) atoms. The maximum Gasteiger partial charge on any atom is 0.283 e. The molecule has 1 rings (SSSR count). The molecule has 0 fully saturated rings. The number of hydrogen-bond acceptors (Lipinski definition) is 3. The van der Waals surface area contributed by atoms with E-state index in [1.54, 1.807) is 12.1 Å². The molecule has 5 heteroatoms. The highest BCUT2D eigenvalue weighted by molar-refractivity contribution is 9.10. The normalized spacial score (nSPS) is 10.6. The summed E-state index contributed by atoms with van der Waals surface area (Å²) in [5.74, 6) is 0. The van der Waals surface area contributed by atoms with Crippen LogP contribution in [0.4, 0.5) is 5.69 Å². The van der Waals surface area contributed by atoms with Gasteiger partial charge >= 0.3 is 0 Å². The Balaban J connectivity index is 2.38. The molecule has 0 bridgehead atoms. The standard InChI is InChI=1S/C13H18BrNO3/c1-2-3-4-5-8-18-10-11-6-7-12(14)13(9-11)15(16)17/h6-7,9H,2-5,8,10H2,1H3. The molecule has 0 unspecified atom stereocenters. The Labute approximate surface area is 116 Å². The van der Waals surface area contributed by atoms with Crippen molar-refractivity contribution in [3.63, 3.8) is 0 Å². The van der Waals surface area contributed by atoms with E-state index in [4.69, 9.17) is 4.74 Å². The van der Waals surface area contributed by atoms with Crippen molar-refractivity contribution in [2.75, 3.05) is 6.61 Å². The first-order chi connectivity index (χ1) is 8.65. The number of rotatable bonds is 8. The molecule has 0 saturated heterocycles. The lowest BCUT2D eigenvalue weighted by Gasteiger charge is -2.05. The minimum atomic E-state index is -0.394. The summed E-state index contributed by atoms with van der Waals surface area (Å²) in [5.41, 5.74) is 0.919. The molecule has 0 atom stereocenters. The molecular weight excluding hydrogens is 298 g/mol. The van der Waals surface area contributed by atoms with Crippen molar-refractivity contribution in [2.45, 2.75) is 39.2 Å². The van der Waals surface area contributed by atoms with E-state index in [0.29, 0.717) is 17.7 Å². The van der Waals surface area contributed by atoms with Gasteiger partial charge in [-0.3, -0.25) is 10.1 Å². The number of nitrogens with zero attached hydrogens (tertiary/aromatic N) is 1. The first-order valence-corrected chi connectivity index (χ1v) is 6.95. The Morgan fingerprint density at radius 2 is 2.11 bits per heavy atom. The molecule has 0 aliphatic heterocycles. The van der Waals surface area contributed by atoms with Gasteiger partial charge in [0.15, 0.2) is 0 Å². The van der Waals surface area contributed by atoms with Gasteiger partial charge in [0, 0.05) is 12.7 Å². The van der Waals surface area contributed by atoms with Gasteiger partial charge in [-0.05, 0) is 34.0 Å². The summed E-state index contributed by atoms with van der Waals surface area (Å²) in [6, 6.07) is 5.08. The molecule has 0 radical (unpaired) electrons. The highest BCUT2D eigenvalue weighted by Gasteiger charge is 2.11. The van der Waals surface area contributed by atoms with E-state index in [1.165, 1.54) is 19.3 Å². The minimum Gasteiger partial charge on any atom is -0.377 e. The average Bonchev–Trinajstić information content (AvgIpc) is 2.35. The predicted octanol–water partition coefficient (Wildman–Crippen LogP) is 4.45. The molecule has 100 valence electrons.